The number of piperidine rings is 1. The zero-order valence-corrected chi connectivity index (χ0v) is 15.7. The smallest absolute Gasteiger partial charge is 0.255 e. The lowest BCUT2D eigenvalue weighted by Crippen LogP contribution is -2.74. The van der Waals surface area contributed by atoms with Gasteiger partial charge in [0.05, 0.1) is 17.2 Å². The summed E-state index contributed by atoms with van der Waals surface area (Å²) in [6.07, 6.45) is 5.03. The van der Waals surface area contributed by atoms with E-state index in [9.17, 15) is 9.18 Å². The number of carbonyl (C=O) groups excluding carboxylic acids is 1. The van der Waals surface area contributed by atoms with E-state index >= 15 is 0 Å². The van der Waals surface area contributed by atoms with Crippen LogP contribution in [0.4, 0.5) is 10.1 Å². The van der Waals surface area contributed by atoms with Crippen molar-refractivity contribution >= 4 is 11.6 Å². The number of aryl methyl sites for hydroxylation is 1. The predicted octanol–water partition coefficient (Wildman–Crippen LogP) is 3.04. The Morgan fingerprint density at radius 3 is 2.74 bits per heavy atom. The summed E-state index contributed by atoms with van der Waals surface area (Å²) in [5, 5.41) is 0. The minimum Gasteiger partial charge on any atom is -0.377 e. The van der Waals surface area contributed by atoms with E-state index in [0.29, 0.717) is 18.7 Å². The number of benzene rings is 1. The molecule has 142 valence electrons. The first-order valence-electron chi connectivity index (χ1n) is 9.31. The van der Waals surface area contributed by atoms with Crippen molar-refractivity contribution in [3.05, 3.63) is 59.7 Å². The van der Waals surface area contributed by atoms with Crippen LogP contribution in [0.15, 0.2) is 42.7 Å². The number of aromatic nitrogens is 1. The Labute approximate surface area is 158 Å². The summed E-state index contributed by atoms with van der Waals surface area (Å²) in [6.45, 7) is 3.98. The van der Waals surface area contributed by atoms with Gasteiger partial charge in [-0.3, -0.25) is 9.78 Å². The summed E-state index contributed by atoms with van der Waals surface area (Å²) >= 11 is 0. The number of methoxy groups -OCH3 is 1. The van der Waals surface area contributed by atoms with Gasteiger partial charge in [0, 0.05) is 44.8 Å². The molecule has 1 aromatic heterocycles. The fourth-order valence-corrected chi connectivity index (χ4v) is 4.43. The van der Waals surface area contributed by atoms with Gasteiger partial charge in [-0.15, -0.1) is 0 Å². The molecule has 0 aliphatic carbocycles. The van der Waals surface area contributed by atoms with Crippen molar-refractivity contribution in [2.45, 2.75) is 31.4 Å². The number of rotatable bonds is 3. The molecule has 1 unspecified atom stereocenters. The Morgan fingerprint density at radius 2 is 2.07 bits per heavy atom. The molecule has 27 heavy (non-hydrogen) atoms. The summed E-state index contributed by atoms with van der Waals surface area (Å²) in [7, 11) is 1.73. The molecule has 2 aliphatic rings. The van der Waals surface area contributed by atoms with Crippen LogP contribution < -0.4 is 4.90 Å². The number of ether oxygens (including phenoxy) is 1. The highest BCUT2D eigenvalue weighted by molar-refractivity contribution is 5.95. The van der Waals surface area contributed by atoms with E-state index in [4.69, 9.17) is 4.74 Å². The first-order valence-corrected chi connectivity index (χ1v) is 9.31. The van der Waals surface area contributed by atoms with Crippen LogP contribution in [0.2, 0.25) is 0 Å². The Balaban J connectivity index is 1.52. The highest BCUT2D eigenvalue weighted by Gasteiger charge is 2.55. The van der Waals surface area contributed by atoms with Crippen LogP contribution >= 0.6 is 0 Å². The number of halogens is 1. The van der Waals surface area contributed by atoms with E-state index in [-0.39, 0.29) is 23.4 Å². The molecule has 1 aromatic carbocycles. The summed E-state index contributed by atoms with van der Waals surface area (Å²) < 4.78 is 19.4. The minimum atomic E-state index is -0.233. The van der Waals surface area contributed by atoms with Gasteiger partial charge < -0.3 is 14.5 Å². The Hall–Kier alpha value is -2.47. The van der Waals surface area contributed by atoms with Crippen LogP contribution in [0.3, 0.4) is 0 Å². The van der Waals surface area contributed by atoms with E-state index < -0.39 is 0 Å². The molecule has 2 aliphatic heterocycles. The van der Waals surface area contributed by atoms with Crippen LogP contribution in [-0.2, 0) is 4.74 Å². The van der Waals surface area contributed by atoms with Crippen molar-refractivity contribution in [3.63, 3.8) is 0 Å². The number of nitrogens with zero attached hydrogens (tertiary/aromatic N) is 3. The Morgan fingerprint density at radius 1 is 1.30 bits per heavy atom. The fraction of sp³-hybridized carbons (Fsp3) is 0.429. The summed E-state index contributed by atoms with van der Waals surface area (Å²) in [5.74, 6) is -0.204. The second-order valence-electron chi connectivity index (χ2n) is 7.40. The molecule has 2 aromatic rings. The van der Waals surface area contributed by atoms with Gasteiger partial charge in [0.25, 0.3) is 5.91 Å². The molecule has 0 bridgehead atoms. The topological polar surface area (TPSA) is 45.7 Å². The quantitative estimate of drug-likeness (QED) is 0.834. The molecule has 2 saturated heterocycles. The van der Waals surface area contributed by atoms with Crippen LogP contribution in [0.25, 0.3) is 0 Å². The van der Waals surface area contributed by atoms with Crippen molar-refractivity contribution in [1.82, 2.24) is 9.88 Å². The lowest BCUT2D eigenvalue weighted by atomic mass is 9.73. The molecule has 1 spiro atoms. The molecule has 1 atom stereocenters. The van der Waals surface area contributed by atoms with Crippen LogP contribution in [0, 0.1) is 12.7 Å². The van der Waals surface area contributed by atoms with Crippen molar-refractivity contribution in [2.24, 2.45) is 0 Å². The average Bonchev–Trinajstić information content (AvgIpc) is 2.67. The number of hydrogen-bond donors (Lipinski definition) is 0. The van der Waals surface area contributed by atoms with Gasteiger partial charge in [0.1, 0.15) is 5.82 Å². The third kappa shape index (κ3) is 2.98. The predicted molar refractivity (Wildman–Crippen MR) is 101 cm³/mol. The van der Waals surface area contributed by atoms with E-state index in [0.717, 1.165) is 30.6 Å². The molecule has 1 amide bonds. The third-order valence-corrected chi connectivity index (χ3v) is 6.08. The number of amides is 1. The standard InChI is InChI=1S/C21H24FN3O2/c1-15-6-9-23-13-18(15)20(26)24-10-7-21(8-11-24)19(27-2)14-25(21)17-5-3-4-16(22)12-17/h3-6,9,12-13,19H,7-8,10-11,14H2,1-2H3. The maximum absolute atomic E-state index is 13.7. The zero-order chi connectivity index (χ0) is 19.0. The maximum Gasteiger partial charge on any atom is 0.255 e. The van der Waals surface area contributed by atoms with Crippen LogP contribution in [0.5, 0.6) is 0 Å². The number of carbonyl (C=O) groups is 1. The largest absolute Gasteiger partial charge is 0.377 e. The second-order valence-corrected chi connectivity index (χ2v) is 7.40. The van der Waals surface area contributed by atoms with Gasteiger partial charge in [-0.25, -0.2) is 4.39 Å². The van der Waals surface area contributed by atoms with Crippen molar-refractivity contribution in [3.8, 4) is 0 Å². The number of anilines is 1. The molecule has 4 rings (SSSR count). The Kier molecular flexibility index (Phi) is 4.60. The van der Waals surface area contributed by atoms with E-state index in [1.165, 1.54) is 6.07 Å². The molecule has 6 heteroatoms. The van der Waals surface area contributed by atoms with Crippen molar-refractivity contribution in [2.75, 3.05) is 31.6 Å². The van der Waals surface area contributed by atoms with Gasteiger partial charge in [-0.05, 0) is 49.6 Å². The third-order valence-electron chi connectivity index (χ3n) is 6.08. The van der Waals surface area contributed by atoms with Gasteiger partial charge in [-0.1, -0.05) is 6.07 Å². The summed E-state index contributed by atoms with van der Waals surface area (Å²) in [5.41, 5.74) is 2.30. The van der Waals surface area contributed by atoms with E-state index in [2.05, 4.69) is 9.88 Å². The van der Waals surface area contributed by atoms with Crippen LogP contribution in [0.1, 0.15) is 28.8 Å². The van der Waals surface area contributed by atoms with Gasteiger partial charge in [0.15, 0.2) is 0 Å². The second kappa shape index (κ2) is 6.93. The van der Waals surface area contributed by atoms with Gasteiger partial charge in [-0.2, -0.15) is 0 Å². The maximum atomic E-state index is 13.7. The molecule has 5 nitrogen and oxygen atoms in total. The fourth-order valence-electron chi connectivity index (χ4n) is 4.43. The first kappa shape index (κ1) is 17.9. The first-order chi connectivity index (χ1) is 13.0. The molecule has 0 radical (unpaired) electrons. The monoisotopic (exact) mass is 369 g/mol. The molecule has 0 N–H and O–H groups in total. The lowest BCUT2D eigenvalue weighted by Gasteiger charge is -2.61. The van der Waals surface area contributed by atoms with Gasteiger partial charge in [0.2, 0.25) is 0 Å². The molecule has 0 saturated carbocycles. The normalized spacial score (nSPS) is 21.2. The SMILES string of the molecule is COC1CN(c2cccc(F)c2)C12CCN(C(=O)c1cnccc1C)CC2. The van der Waals surface area contributed by atoms with Crippen molar-refractivity contribution < 1.29 is 13.9 Å². The number of pyridine rings is 1. The van der Waals surface area contributed by atoms with Gasteiger partial charge >= 0.3 is 0 Å². The number of hydrogen-bond acceptors (Lipinski definition) is 4. The van der Waals surface area contributed by atoms with Crippen molar-refractivity contribution in [1.29, 1.82) is 0 Å². The van der Waals surface area contributed by atoms with E-state index in [1.54, 1.807) is 31.6 Å². The Bertz CT molecular complexity index is 849. The highest BCUT2D eigenvalue weighted by Crippen LogP contribution is 2.44. The lowest BCUT2D eigenvalue weighted by molar-refractivity contribution is -0.0433. The molecular weight excluding hydrogens is 345 g/mol. The highest BCUT2D eigenvalue weighted by atomic mass is 19.1. The molecule has 3 heterocycles. The zero-order valence-electron chi connectivity index (χ0n) is 15.7. The minimum absolute atomic E-state index is 0.0287. The molecular formula is C21H24FN3O2. The summed E-state index contributed by atoms with van der Waals surface area (Å²) in [4.78, 5) is 21.1. The summed E-state index contributed by atoms with van der Waals surface area (Å²) in [6, 6.07) is 8.57. The average molecular weight is 369 g/mol. The van der Waals surface area contributed by atoms with E-state index in [1.807, 2.05) is 24.0 Å². The van der Waals surface area contributed by atoms with Crippen LogP contribution in [-0.4, -0.2) is 54.2 Å². The number of likely N-dealkylation sites (tertiary alicyclic amines) is 1. The molecule has 2 fully saturated rings.